The van der Waals surface area contributed by atoms with Gasteiger partial charge in [-0.2, -0.15) is 0 Å². The smallest absolute Gasteiger partial charge is 0.184 e. The highest BCUT2D eigenvalue weighted by atomic mass is 79.9. The second-order valence-electron chi connectivity index (χ2n) is 8.59. The molecule has 4 aromatic rings. The molecule has 2 saturated heterocycles. The van der Waals surface area contributed by atoms with Gasteiger partial charge in [-0.1, -0.05) is 47.1 Å². The van der Waals surface area contributed by atoms with Gasteiger partial charge in [0.15, 0.2) is 6.29 Å². The van der Waals surface area contributed by atoms with Crippen LogP contribution in [0, 0.1) is 0 Å². The molecule has 2 aliphatic heterocycles. The van der Waals surface area contributed by atoms with Crippen LogP contribution >= 0.6 is 51.5 Å². The molecule has 6 atom stereocenters. The average Bonchev–Trinajstić information content (AvgIpc) is 3.57. The number of nitrogens with zero attached hydrogens (tertiary/aromatic N) is 5. The summed E-state index contributed by atoms with van der Waals surface area (Å²) in [6.45, 7) is 0.282. The van der Waals surface area contributed by atoms with Crippen LogP contribution in [0.4, 0.5) is 0 Å². The van der Waals surface area contributed by atoms with Gasteiger partial charge in [-0.05, 0) is 22.0 Å². The van der Waals surface area contributed by atoms with Gasteiger partial charge in [0.2, 0.25) is 0 Å². The van der Waals surface area contributed by atoms with Crippen molar-refractivity contribution in [2.24, 2.45) is 0 Å². The Morgan fingerprint density at radius 3 is 2.81 bits per heavy atom. The third kappa shape index (κ3) is 4.43. The zero-order valence-corrected chi connectivity index (χ0v) is 23.4. The van der Waals surface area contributed by atoms with Gasteiger partial charge in [0.1, 0.15) is 45.1 Å². The molecule has 2 fully saturated rings. The SMILES string of the molecule is CO[C@H]1[C@@H](S)O[C@@H]2COC(c3ccccc3)O[C@@H]2C1(c1cncc(Br)c1)n1cc(-c2nc(Cl)cs2)nn1. The van der Waals surface area contributed by atoms with Gasteiger partial charge < -0.3 is 18.9 Å². The summed E-state index contributed by atoms with van der Waals surface area (Å²) in [6, 6.07) is 11.7. The molecule has 192 valence electrons. The average molecular weight is 623 g/mol. The van der Waals surface area contributed by atoms with Crippen LogP contribution in [0.25, 0.3) is 10.7 Å². The molecule has 0 bridgehead atoms. The summed E-state index contributed by atoms with van der Waals surface area (Å²) in [7, 11) is 1.62. The largest absolute Gasteiger partial charge is 0.375 e. The standard InChI is InChI=1S/C24H21BrClN5O4S2/c1-32-20-23(36)34-17-11-33-22(13-5-3-2-4-6-13)35-19(17)24(20,14-7-15(25)9-27-8-14)31-10-16(29-30-31)21-28-18(26)12-37-21/h2-10,12,17,19-20,22-23,36H,11H2,1H3/t17-,19+,20+,22?,23-,24?/m1/s1. The van der Waals surface area contributed by atoms with Gasteiger partial charge in [0.25, 0.3) is 0 Å². The Kier molecular flexibility index (Phi) is 7.10. The van der Waals surface area contributed by atoms with Crippen molar-refractivity contribution in [3.05, 3.63) is 81.1 Å². The number of rotatable bonds is 5. The van der Waals surface area contributed by atoms with Gasteiger partial charge in [-0.15, -0.1) is 29.1 Å². The Morgan fingerprint density at radius 1 is 1.24 bits per heavy atom. The van der Waals surface area contributed by atoms with E-state index in [-0.39, 0.29) is 6.61 Å². The van der Waals surface area contributed by atoms with Crippen molar-refractivity contribution in [3.8, 4) is 10.7 Å². The molecular weight excluding hydrogens is 602 g/mol. The Labute approximate surface area is 235 Å². The molecular formula is C24H21BrClN5O4S2. The predicted octanol–water partition coefficient (Wildman–Crippen LogP) is 4.74. The number of fused-ring (bicyclic) bond motifs is 1. The number of hydrogen-bond donors (Lipinski definition) is 1. The maximum Gasteiger partial charge on any atom is 0.184 e. The lowest BCUT2D eigenvalue weighted by Crippen LogP contribution is -2.70. The molecule has 1 aromatic carbocycles. The minimum Gasteiger partial charge on any atom is -0.375 e. The predicted molar refractivity (Wildman–Crippen MR) is 144 cm³/mol. The van der Waals surface area contributed by atoms with E-state index in [2.05, 4.69) is 36.2 Å². The van der Waals surface area contributed by atoms with Crippen molar-refractivity contribution < 1.29 is 18.9 Å². The summed E-state index contributed by atoms with van der Waals surface area (Å²) < 4.78 is 27.7. The summed E-state index contributed by atoms with van der Waals surface area (Å²) in [5.41, 5.74) is 0.533. The minimum atomic E-state index is -1.08. The third-order valence-corrected chi connectivity index (χ3v) is 8.54. The van der Waals surface area contributed by atoms with Crippen LogP contribution in [0.1, 0.15) is 17.4 Å². The Morgan fingerprint density at radius 2 is 2.08 bits per heavy atom. The second-order valence-corrected chi connectivity index (χ2v) is 11.3. The molecule has 37 heavy (non-hydrogen) atoms. The highest BCUT2D eigenvalue weighted by molar-refractivity contribution is 9.10. The van der Waals surface area contributed by atoms with E-state index in [1.54, 1.807) is 29.6 Å². The number of aromatic nitrogens is 5. The van der Waals surface area contributed by atoms with E-state index in [0.29, 0.717) is 15.9 Å². The number of pyridine rings is 1. The Hall–Kier alpha value is -1.90. The summed E-state index contributed by atoms with van der Waals surface area (Å²) in [6.07, 6.45) is 2.96. The molecule has 9 nitrogen and oxygen atoms in total. The quantitative estimate of drug-likeness (QED) is 0.319. The van der Waals surface area contributed by atoms with Gasteiger partial charge in [-0.3, -0.25) is 4.98 Å². The van der Waals surface area contributed by atoms with Crippen LogP contribution in [0.5, 0.6) is 0 Å². The van der Waals surface area contributed by atoms with Gasteiger partial charge >= 0.3 is 0 Å². The van der Waals surface area contributed by atoms with E-state index in [4.69, 9.17) is 43.2 Å². The van der Waals surface area contributed by atoms with E-state index in [1.807, 2.05) is 42.6 Å². The van der Waals surface area contributed by atoms with Crippen molar-refractivity contribution in [3.63, 3.8) is 0 Å². The second kappa shape index (κ2) is 10.3. The fourth-order valence-electron chi connectivity index (χ4n) is 5.01. The van der Waals surface area contributed by atoms with E-state index >= 15 is 0 Å². The molecule has 0 radical (unpaired) electrons. The molecule has 0 saturated carbocycles. The Balaban J connectivity index is 1.55. The topological polar surface area (TPSA) is 93.4 Å². The van der Waals surface area contributed by atoms with E-state index in [1.165, 1.54) is 11.3 Å². The first-order chi connectivity index (χ1) is 18.0. The summed E-state index contributed by atoms with van der Waals surface area (Å²) >= 11 is 15.8. The molecule has 2 unspecified atom stereocenters. The molecule has 0 spiro atoms. The van der Waals surface area contributed by atoms with Crippen molar-refractivity contribution in [1.82, 2.24) is 25.0 Å². The molecule has 2 aliphatic rings. The fraction of sp³-hybridized carbons (Fsp3) is 0.333. The first-order valence-electron chi connectivity index (χ1n) is 11.3. The van der Waals surface area contributed by atoms with Crippen LogP contribution in [-0.4, -0.2) is 62.4 Å². The van der Waals surface area contributed by atoms with Crippen LogP contribution in [0.3, 0.4) is 0 Å². The minimum absolute atomic E-state index is 0.282. The first-order valence-corrected chi connectivity index (χ1v) is 13.9. The fourth-order valence-corrected chi connectivity index (χ4v) is 6.77. The molecule has 6 rings (SSSR count). The third-order valence-electron chi connectivity index (χ3n) is 6.52. The number of thiol groups is 1. The monoisotopic (exact) mass is 621 g/mol. The zero-order chi connectivity index (χ0) is 25.6. The molecule has 0 amide bonds. The lowest BCUT2D eigenvalue weighted by atomic mass is 9.75. The van der Waals surface area contributed by atoms with E-state index in [9.17, 15) is 0 Å². The maximum absolute atomic E-state index is 6.71. The van der Waals surface area contributed by atoms with Gasteiger partial charge in [0, 0.05) is 40.5 Å². The Bertz CT molecular complexity index is 1390. The van der Waals surface area contributed by atoms with Gasteiger partial charge in [-0.25, -0.2) is 9.67 Å². The van der Waals surface area contributed by atoms with Crippen LogP contribution in [0.15, 0.2) is 64.8 Å². The number of thiazole rings is 1. The number of ether oxygens (including phenoxy) is 4. The molecule has 0 aliphatic carbocycles. The van der Waals surface area contributed by atoms with E-state index in [0.717, 1.165) is 15.6 Å². The van der Waals surface area contributed by atoms with Crippen molar-refractivity contribution >= 4 is 51.5 Å². The summed E-state index contributed by atoms with van der Waals surface area (Å²) in [5, 5.41) is 11.8. The highest BCUT2D eigenvalue weighted by Crippen LogP contribution is 2.49. The number of methoxy groups -OCH3 is 1. The van der Waals surface area contributed by atoms with Crippen molar-refractivity contribution in [1.29, 1.82) is 0 Å². The first kappa shape index (κ1) is 25.4. The van der Waals surface area contributed by atoms with E-state index < -0.39 is 35.6 Å². The van der Waals surface area contributed by atoms with Crippen LogP contribution < -0.4 is 0 Å². The lowest BCUT2D eigenvalue weighted by molar-refractivity contribution is -0.323. The van der Waals surface area contributed by atoms with Crippen molar-refractivity contribution in [2.45, 2.75) is 35.6 Å². The summed E-state index contributed by atoms with van der Waals surface area (Å²) in [5.74, 6) is 0. The van der Waals surface area contributed by atoms with Crippen LogP contribution in [0.2, 0.25) is 5.15 Å². The number of hydrogen-bond acceptors (Lipinski definition) is 10. The highest BCUT2D eigenvalue weighted by Gasteiger charge is 2.62. The summed E-state index contributed by atoms with van der Waals surface area (Å²) in [4.78, 5) is 8.82. The number of benzene rings is 1. The van der Waals surface area contributed by atoms with Crippen LogP contribution in [-0.2, 0) is 24.5 Å². The molecule has 3 aromatic heterocycles. The molecule has 5 heterocycles. The van der Waals surface area contributed by atoms with Gasteiger partial charge in [0.05, 0.1) is 12.8 Å². The maximum atomic E-state index is 6.71. The molecule has 0 N–H and O–H groups in total. The lowest BCUT2D eigenvalue weighted by Gasteiger charge is -2.55. The van der Waals surface area contributed by atoms with Crippen molar-refractivity contribution in [2.75, 3.05) is 13.7 Å². The normalized spacial score (nSPS) is 29.7. The molecule has 13 heteroatoms. The zero-order valence-electron chi connectivity index (χ0n) is 19.3. The number of halogens is 2.